The molecule has 6 aromatic rings. The molecule has 202 valence electrons. The number of nitrogens with one attached hydrogen (secondary N) is 2. The molecule has 1 saturated heterocycles. The molecule has 40 heavy (non-hydrogen) atoms. The highest BCUT2D eigenvalue weighted by Gasteiger charge is 2.19. The summed E-state index contributed by atoms with van der Waals surface area (Å²) in [6.45, 7) is 5.48. The third-order valence-electron chi connectivity index (χ3n) is 7.58. The maximum Gasteiger partial charge on any atom is 0.159 e. The Morgan fingerprint density at radius 1 is 1.00 bits per heavy atom. The van der Waals surface area contributed by atoms with Crippen molar-refractivity contribution in [3.63, 3.8) is 0 Å². The molecular weight excluding hydrogens is 509 g/mol. The molecule has 0 radical (unpaired) electrons. The van der Waals surface area contributed by atoms with Crippen molar-refractivity contribution in [2.75, 3.05) is 26.2 Å². The van der Waals surface area contributed by atoms with Gasteiger partial charge in [-0.25, -0.2) is 14.4 Å². The van der Waals surface area contributed by atoms with Crippen LogP contribution < -0.4 is 4.74 Å². The molecule has 2 N–H and O–H groups in total. The number of pyridine rings is 2. The zero-order chi connectivity index (χ0) is 27.2. The Hall–Kier alpha value is -4.64. The van der Waals surface area contributed by atoms with Gasteiger partial charge in [-0.1, -0.05) is 0 Å². The van der Waals surface area contributed by atoms with Gasteiger partial charge in [0.15, 0.2) is 5.82 Å². The fourth-order valence-corrected chi connectivity index (χ4v) is 5.32. The SMILES string of the molecule is Cc1ncc(-c2cc3c(-c4nc5c(-c6cc(F)cc(OCCN7CCCC7)c6)nccc5[nH]4)n[nH]c3cn2)n1C. The molecule has 0 bridgehead atoms. The lowest BCUT2D eigenvalue weighted by Crippen LogP contribution is -2.25. The first-order valence-electron chi connectivity index (χ1n) is 13.4. The van der Waals surface area contributed by atoms with Gasteiger partial charge in [0.25, 0.3) is 0 Å². The highest BCUT2D eigenvalue weighted by atomic mass is 19.1. The number of fused-ring (bicyclic) bond motifs is 2. The predicted molar refractivity (Wildman–Crippen MR) is 150 cm³/mol. The van der Waals surface area contributed by atoms with E-state index in [-0.39, 0.29) is 5.82 Å². The second-order valence-electron chi connectivity index (χ2n) is 10.2. The van der Waals surface area contributed by atoms with E-state index in [1.54, 1.807) is 12.4 Å². The molecule has 11 heteroatoms. The summed E-state index contributed by atoms with van der Waals surface area (Å²) >= 11 is 0. The number of hydrogen-bond acceptors (Lipinski definition) is 7. The van der Waals surface area contributed by atoms with Gasteiger partial charge in [0.05, 0.1) is 40.5 Å². The number of hydrogen-bond donors (Lipinski definition) is 2. The summed E-state index contributed by atoms with van der Waals surface area (Å²) in [5.41, 5.74) is 5.71. The smallest absolute Gasteiger partial charge is 0.159 e. The van der Waals surface area contributed by atoms with Crippen LogP contribution in [-0.2, 0) is 7.05 Å². The molecular formula is C29H28FN9O. The second-order valence-corrected chi connectivity index (χ2v) is 10.2. The van der Waals surface area contributed by atoms with Crippen molar-refractivity contribution in [1.29, 1.82) is 0 Å². The van der Waals surface area contributed by atoms with Crippen molar-refractivity contribution >= 4 is 21.9 Å². The molecule has 0 saturated carbocycles. The van der Waals surface area contributed by atoms with Crippen LogP contribution in [0.5, 0.6) is 5.75 Å². The van der Waals surface area contributed by atoms with Crippen LogP contribution in [0.25, 0.3) is 56.1 Å². The number of H-pyrrole nitrogens is 2. The standard InChI is InChI=1S/C29H28FN9O/c1-17-32-16-25(38(17)2)23-14-21-24(15-33-23)36-37-27(21)29-34-22-5-6-31-26(28(22)35-29)18-11-19(30)13-20(12-18)40-10-9-39-7-3-4-8-39/h5-6,11-16H,3-4,7-10H2,1-2H3,(H,34,35)(H,36,37). The Kier molecular flexibility index (Phi) is 6.00. The molecule has 0 amide bonds. The maximum atomic E-state index is 14.7. The van der Waals surface area contributed by atoms with Gasteiger partial charge in [0.2, 0.25) is 0 Å². The molecule has 0 spiro atoms. The molecule has 10 nitrogen and oxygen atoms in total. The zero-order valence-corrected chi connectivity index (χ0v) is 22.3. The van der Waals surface area contributed by atoms with Crippen LogP contribution in [0.2, 0.25) is 0 Å². The number of nitrogens with zero attached hydrogens (tertiary/aromatic N) is 7. The Bertz CT molecular complexity index is 1850. The lowest BCUT2D eigenvalue weighted by molar-refractivity contribution is 0.237. The first-order valence-corrected chi connectivity index (χ1v) is 13.4. The summed E-state index contributed by atoms with van der Waals surface area (Å²) < 4.78 is 22.6. The van der Waals surface area contributed by atoms with Crippen molar-refractivity contribution < 1.29 is 9.13 Å². The Balaban J connectivity index is 1.23. The van der Waals surface area contributed by atoms with E-state index in [2.05, 4.69) is 35.0 Å². The first-order chi connectivity index (χ1) is 19.5. The van der Waals surface area contributed by atoms with E-state index in [1.807, 2.05) is 42.9 Å². The van der Waals surface area contributed by atoms with Crippen LogP contribution in [-0.4, -0.2) is 70.8 Å². The minimum Gasteiger partial charge on any atom is -0.492 e. The third kappa shape index (κ3) is 4.37. The highest BCUT2D eigenvalue weighted by molar-refractivity contribution is 5.96. The van der Waals surface area contributed by atoms with E-state index >= 15 is 0 Å². The van der Waals surface area contributed by atoms with Gasteiger partial charge in [-0.05, 0) is 57.1 Å². The van der Waals surface area contributed by atoms with Gasteiger partial charge in [-0.3, -0.25) is 20.0 Å². The molecule has 1 fully saturated rings. The van der Waals surface area contributed by atoms with Crippen LogP contribution in [0.3, 0.4) is 0 Å². The number of ether oxygens (including phenoxy) is 1. The normalized spacial score (nSPS) is 14.1. The number of aryl methyl sites for hydroxylation is 1. The molecule has 1 aliphatic heterocycles. The quantitative estimate of drug-likeness (QED) is 0.298. The molecule has 5 aromatic heterocycles. The number of likely N-dealkylation sites (tertiary alicyclic amines) is 1. The van der Waals surface area contributed by atoms with E-state index in [9.17, 15) is 4.39 Å². The predicted octanol–water partition coefficient (Wildman–Crippen LogP) is 4.89. The average Bonchev–Trinajstić information content (AvgIpc) is 3.75. The summed E-state index contributed by atoms with van der Waals surface area (Å²) in [6.07, 6.45) is 7.71. The van der Waals surface area contributed by atoms with Gasteiger partial charge >= 0.3 is 0 Å². The van der Waals surface area contributed by atoms with Crippen molar-refractivity contribution in [3.8, 4) is 39.9 Å². The average molecular weight is 538 g/mol. The number of benzene rings is 1. The van der Waals surface area contributed by atoms with Gasteiger partial charge < -0.3 is 14.3 Å². The van der Waals surface area contributed by atoms with Gasteiger partial charge in [0.1, 0.15) is 35.2 Å². The molecule has 6 heterocycles. The van der Waals surface area contributed by atoms with E-state index in [1.165, 1.54) is 25.0 Å². The highest BCUT2D eigenvalue weighted by Crippen LogP contribution is 2.33. The second kappa shape index (κ2) is 9.83. The fourth-order valence-electron chi connectivity index (χ4n) is 5.32. The monoisotopic (exact) mass is 537 g/mol. The van der Waals surface area contributed by atoms with Crippen molar-refractivity contribution in [1.82, 2.24) is 44.6 Å². The molecule has 7 rings (SSSR count). The third-order valence-corrected chi connectivity index (χ3v) is 7.58. The Morgan fingerprint density at radius 3 is 2.70 bits per heavy atom. The molecule has 0 unspecified atom stereocenters. The van der Waals surface area contributed by atoms with Crippen molar-refractivity contribution in [2.24, 2.45) is 7.05 Å². The molecule has 0 aliphatic carbocycles. The fraction of sp³-hybridized carbons (Fsp3) is 0.276. The lowest BCUT2D eigenvalue weighted by atomic mass is 10.1. The number of imidazole rings is 2. The summed E-state index contributed by atoms with van der Waals surface area (Å²) in [5.74, 6) is 1.57. The molecule has 0 atom stereocenters. The topological polar surface area (TPSA) is 113 Å². The molecule has 1 aromatic carbocycles. The zero-order valence-electron chi connectivity index (χ0n) is 22.3. The van der Waals surface area contributed by atoms with Crippen LogP contribution in [0.1, 0.15) is 18.7 Å². The summed E-state index contributed by atoms with van der Waals surface area (Å²) in [5, 5.41) is 8.46. The Morgan fingerprint density at radius 2 is 1.88 bits per heavy atom. The molecule has 1 aliphatic rings. The van der Waals surface area contributed by atoms with E-state index < -0.39 is 0 Å². The Labute approximate surface area is 229 Å². The van der Waals surface area contributed by atoms with E-state index in [4.69, 9.17) is 9.72 Å². The van der Waals surface area contributed by atoms with Crippen LogP contribution in [0.15, 0.2) is 48.9 Å². The van der Waals surface area contributed by atoms with Gasteiger partial charge in [-0.15, -0.1) is 0 Å². The number of halogens is 1. The van der Waals surface area contributed by atoms with Gasteiger partial charge in [0, 0.05) is 36.8 Å². The van der Waals surface area contributed by atoms with Crippen LogP contribution >= 0.6 is 0 Å². The number of aromatic nitrogens is 8. The number of rotatable bonds is 7. The maximum absolute atomic E-state index is 14.7. The van der Waals surface area contributed by atoms with Crippen molar-refractivity contribution in [2.45, 2.75) is 19.8 Å². The first kappa shape index (κ1) is 24.4. The van der Waals surface area contributed by atoms with Crippen molar-refractivity contribution in [3.05, 3.63) is 60.6 Å². The van der Waals surface area contributed by atoms with Crippen LogP contribution in [0, 0.1) is 12.7 Å². The summed E-state index contributed by atoms with van der Waals surface area (Å²) in [7, 11) is 1.96. The summed E-state index contributed by atoms with van der Waals surface area (Å²) in [6, 6.07) is 8.52. The minimum atomic E-state index is -0.382. The largest absolute Gasteiger partial charge is 0.492 e. The number of aromatic amines is 2. The van der Waals surface area contributed by atoms with Gasteiger partial charge in [-0.2, -0.15) is 5.10 Å². The van der Waals surface area contributed by atoms with Crippen LogP contribution in [0.4, 0.5) is 4.39 Å². The summed E-state index contributed by atoms with van der Waals surface area (Å²) in [4.78, 5) is 24.2. The minimum absolute atomic E-state index is 0.382. The van der Waals surface area contributed by atoms with E-state index in [0.29, 0.717) is 40.6 Å². The van der Waals surface area contributed by atoms with E-state index in [0.717, 1.165) is 53.3 Å². The lowest BCUT2D eigenvalue weighted by Gasteiger charge is -2.15.